The Morgan fingerprint density at radius 1 is 1.29 bits per heavy atom. The first-order valence-corrected chi connectivity index (χ1v) is 7.23. The number of nitrogens with zero attached hydrogens (tertiary/aromatic N) is 2. The third-order valence-electron chi connectivity index (χ3n) is 3.99. The number of carbonyl (C=O) groups excluding carboxylic acids is 1. The van der Waals surface area contributed by atoms with Gasteiger partial charge in [-0.05, 0) is 43.0 Å². The van der Waals surface area contributed by atoms with Crippen LogP contribution in [-0.4, -0.2) is 60.5 Å². The Morgan fingerprint density at radius 3 is 2.52 bits per heavy atom. The maximum Gasteiger partial charge on any atom is 0.335 e. The maximum atomic E-state index is 11.8. The lowest BCUT2D eigenvalue weighted by atomic mass is 9.90. The molecule has 1 heterocycles. The van der Waals surface area contributed by atoms with Crippen molar-refractivity contribution in [1.29, 1.82) is 0 Å². The number of likely N-dealkylation sites (N-methyl/N-ethyl adjacent to an activating group) is 1. The van der Waals surface area contributed by atoms with E-state index in [1.807, 2.05) is 12.1 Å². The minimum atomic E-state index is -0.900. The Kier molecular flexibility index (Phi) is 4.96. The first-order valence-electron chi connectivity index (χ1n) is 7.23. The summed E-state index contributed by atoms with van der Waals surface area (Å²) in [6.45, 7) is 2.26. The molecule has 114 valence electrons. The summed E-state index contributed by atoms with van der Waals surface area (Å²) in [7, 11) is 3.54. The van der Waals surface area contributed by atoms with Crippen LogP contribution in [0.25, 0.3) is 0 Å². The van der Waals surface area contributed by atoms with Crippen LogP contribution in [0.5, 0.6) is 0 Å². The van der Waals surface area contributed by atoms with Crippen molar-refractivity contribution >= 4 is 11.9 Å². The lowest BCUT2D eigenvalue weighted by Gasteiger charge is -2.33. The molecule has 0 bridgehead atoms. The van der Waals surface area contributed by atoms with Crippen molar-refractivity contribution in [3.63, 3.8) is 0 Å². The third-order valence-corrected chi connectivity index (χ3v) is 3.99. The van der Waals surface area contributed by atoms with Gasteiger partial charge in [0, 0.05) is 20.6 Å². The van der Waals surface area contributed by atoms with Crippen LogP contribution in [-0.2, 0) is 4.79 Å². The zero-order valence-corrected chi connectivity index (χ0v) is 12.6. The van der Waals surface area contributed by atoms with E-state index in [1.54, 1.807) is 31.1 Å². The zero-order chi connectivity index (χ0) is 15.4. The average molecular weight is 290 g/mol. The first kappa shape index (κ1) is 15.5. The molecule has 0 aliphatic carbocycles. The molecule has 0 saturated carbocycles. The number of piperidine rings is 1. The summed E-state index contributed by atoms with van der Waals surface area (Å²) in [5.41, 5.74) is 1.47. The van der Waals surface area contributed by atoms with Crippen LogP contribution in [0.4, 0.5) is 0 Å². The lowest BCUT2D eigenvalue weighted by molar-refractivity contribution is -0.130. The number of carbonyl (C=O) groups is 2. The monoisotopic (exact) mass is 290 g/mol. The second-order valence-corrected chi connectivity index (χ2v) is 5.79. The molecule has 1 amide bonds. The summed E-state index contributed by atoms with van der Waals surface area (Å²) in [5, 5.41) is 8.93. The Morgan fingerprint density at radius 2 is 1.95 bits per heavy atom. The van der Waals surface area contributed by atoms with E-state index in [2.05, 4.69) is 4.90 Å². The molecule has 5 heteroatoms. The molecule has 1 saturated heterocycles. The molecule has 1 aliphatic rings. The highest BCUT2D eigenvalue weighted by atomic mass is 16.4. The number of carboxylic acids is 1. The number of likely N-dealkylation sites (tertiary alicyclic amines) is 1. The summed E-state index contributed by atoms with van der Waals surface area (Å²) in [4.78, 5) is 26.5. The molecule has 1 fully saturated rings. The standard InChI is InChI=1S/C16H22N2O3/c1-17(2)15(19)11-18-9-3-4-14(10-18)12-5-7-13(8-6-12)16(20)21/h5-8,14H,3-4,9-11H2,1-2H3,(H,20,21)/t14-/m0/s1. The van der Waals surface area contributed by atoms with E-state index in [4.69, 9.17) is 5.11 Å². The zero-order valence-electron chi connectivity index (χ0n) is 12.6. The van der Waals surface area contributed by atoms with Gasteiger partial charge in [-0.25, -0.2) is 4.79 Å². The maximum absolute atomic E-state index is 11.8. The molecule has 0 radical (unpaired) electrons. The Hall–Kier alpha value is -1.88. The van der Waals surface area contributed by atoms with Gasteiger partial charge in [-0.3, -0.25) is 9.69 Å². The van der Waals surface area contributed by atoms with Crippen LogP contribution in [0.15, 0.2) is 24.3 Å². The van der Waals surface area contributed by atoms with E-state index >= 15 is 0 Å². The molecule has 0 spiro atoms. The second-order valence-electron chi connectivity index (χ2n) is 5.79. The molecule has 0 unspecified atom stereocenters. The largest absolute Gasteiger partial charge is 0.478 e. The second kappa shape index (κ2) is 6.72. The molecule has 1 N–H and O–H groups in total. The smallest absolute Gasteiger partial charge is 0.335 e. The predicted octanol–water partition coefficient (Wildman–Crippen LogP) is 1.65. The van der Waals surface area contributed by atoms with Crippen molar-refractivity contribution in [2.75, 3.05) is 33.7 Å². The summed E-state index contributed by atoms with van der Waals surface area (Å²) in [5.74, 6) is -0.406. The number of hydrogen-bond acceptors (Lipinski definition) is 3. The predicted molar refractivity (Wildman–Crippen MR) is 80.5 cm³/mol. The van der Waals surface area contributed by atoms with E-state index in [0.29, 0.717) is 18.0 Å². The van der Waals surface area contributed by atoms with Gasteiger partial charge in [0.2, 0.25) is 5.91 Å². The van der Waals surface area contributed by atoms with Crippen LogP contribution in [0.2, 0.25) is 0 Å². The molecule has 1 aliphatic heterocycles. The highest BCUT2D eigenvalue weighted by molar-refractivity contribution is 5.87. The summed E-state index contributed by atoms with van der Waals surface area (Å²) >= 11 is 0. The van der Waals surface area contributed by atoms with Crippen molar-refractivity contribution in [3.8, 4) is 0 Å². The molecule has 5 nitrogen and oxygen atoms in total. The number of rotatable bonds is 4. The molecule has 1 aromatic carbocycles. The Balaban J connectivity index is 2.00. The van der Waals surface area contributed by atoms with Gasteiger partial charge in [0.25, 0.3) is 0 Å². The van der Waals surface area contributed by atoms with E-state index in [9.17, 15) is 9.59 Å². The van der Waals surface area contributed by atoms with E-state index in [0.717, 1.165) is 31.5 Å². The molecular weight excluding hydrogens is 268 g/mol. The fourth-order valence-electron chi connectivity index (χ4n) is 2.70. The summed E-state index contributed by atoms with van der Waals surface area (Å²) < 4.78 is 0. The topological polar surface area (TPSA) is 60.9 Å². The Labute approximate surface area is 125 Å². The number of aromatic carboxylic acids is 1. The van der Waals surface area contributed by atoms with Gasteiger partial charge < -0.3 is 10.0 Å². The van der Waals surface area contributed by atoms with Crippen LogP contribution >= 0.6 is 0 Å². The molecule has 0 aromatic heterocycles. The van der Waals surface area contributed by atoms with Crippen LogP contribution < -0.4 is 0 Å². The Bertz CT molecular complexity index is 511. The minimum Gasteiger partial charge on any atom is -0.478 e. The van der Waals surface area contributed by atoms with Gasteiger partial charge in [0.05, 0.1) is 12.1 Å². The minimum absolute atomic E-state index is 0.122. The summed E-state index contributed by atoms with van der Waals surface area (Å²) in [6.07, 6.45) is 2.14. The van der Waals surface area contributed by atoms with Crippen molar-refractivity contribution in [2.24, 2.45) is 0 Å². The lowest BCUT2D eigenvalue weighted by Crippen LogP contribution is -2.41. The van der Waals surface area contributed by atoms with Crippen LogP contribution in [0.1, 0.15) is 34.7 Å². The molecule has 1 atom stereocenters. The SMILES string of the molecule is CN(C)C(=O)CN1CCC[C@H](c2ccc(C(=O)O)cc2)C1. The molecule has 1 aromatic rings. The molecule has 21 heavy (non-hydrogen) atoms. The van der Waals surface area contributed by atoms with Crippen molar-refractivity contribution in [2.45, 2.75) is 18.8 Å². The highest BCUT2D eigenvalue weighted by Crippen LogP contribution is 2.27. The van der Waals surface area contributed by atoms with Gasteiger partial charge in [-0.2, -0.15) is 0 Å². The third kappa shape index (κ3) is 4.04. The fraction of sp³-hybridized carbons (Fsp3) is 0.500. The van der Waals surface area contributed by atoms with Gasteiger partial charge in [-0.15, -0.1) is 0 Å². The number of benzene rings is 1. The van der Waals surface area contributed by atoms with Crippen molar-refractivity contribution < 1.29 is 14.7 Å². The van der Waals surface area contributed by atoms with Gasteiger partial charge in [0.15, 0.2) is 0 Å². The summed E-state index contributed by atoms with van der Waals surface area (Å²) in [6, 6.07) is 7.10. The van der Waals surface area contributed by atoms with Gasteiger partial charge in [0.1, 0.15) is 0 Å². The normalized spacial score (nSPS) is 19.2. The number of amides is 1. The fourth-order valence-corrected chi connectivity index (χ4v) is 2.70. The number of carboxylic acid groups (broad SMARTS) is 1. The van der Waals surface area contributed by atoms with Gasteiger partial charge in [-0.1, -0.05) is 12.1 Å². The van der Waals surface area contributed by atoms with Crippen LogP contribution in [0.3, 0.4) is 0 Å². The van der Waals surface area contributed by atoms with E-state index < -0.39 is 5.97 Å². The molecule has 2 rings (SSSR count). The molecular formula is C16H22N2O3. The van der Waals surface area contributed by atoms with Crippen molar-refractivity contribution in [3.05, 3.63) is 35.4 Å². The van der Waals surface area contributed by atoms with Crippen LogP contribution in [0, 0.1) is 0 Å². The average Bonchev–Trinajstić information content (AvgIpc) is 2.47. The quantitative estimate of drug-likeness (QED) is 0.916. The number of hydrogen-bond donors (Lipinski definition) is 1. The highest BCUT2D eigenvalue weighted by Gasteiger charge is 2.23. The first-order chi connectivity index (χ1) is 9.97. The van der Waals surface area contributed by atoms with Gasteiger partial charge >= 0.3 is 5.97 Å². The van der Waals surface area contributed by atoms with E-state index in [1.165, 1.54) is 0 Å². The van der Waals surface area contributed by atoms with Crippen molar-refractivity contribution in [1.82, 2.24) is 9.80 Å². The van der Waals surface area contributed by atoms with E-state index in [-0.39, 0.29) is 5.91 Å².